The van der Waals surface area contributed by atoms with E-state index >= 15 is 0 Å². The molecule has 3 aromatic rings. The zero-order chi connectivity index (χ0) is 26.7. The number of aromatic nitrogens is 4. The Hall–Kier alpha value is -3.40. The molecule has 1 aromatic carbocycles. The quantitative estimate of drug-likeness (QED) is 0.309. The molecule has 16 heteroatoms. The lowest BCUT2D eigenvalue weighted by Crippen LogP contribution is -2.39. The Morgan fingerprint density at radius 1 is 1.16 bits per heavy atom. The second-order valence-electron chi connectivity index (χ2n) is 8.00. The minimum atomic E-state index is -3.64. The molecule has 0 spiro atoms. The van der Waals surface area contributed by atoms with Gasteiger partial charge in [-0.15, -0.1) is 10.2 Å². The van der Waals surface area contributed by atoms with E-state index < -0.39 is 51.8 Å². The molecule has 0 bridgehead atoms. The SMILES string of the molecule is C.CCN(CC(Nc1ncc(-c2nnc(C(F)F)o2)cn1)c1ccc(OC(F)F)cc1F)S(=O)(=O)C1CC1. The van der Waals surface area contributed by atoms with E-state index in [1.165, 1.54) is 22.8 Å². The van der Waals surface area contributed by atoms with Crippen molar-refractivity contribution in [3.8, 4) is 17.2 Å². The van der Waals surface area contributed by atoms with Crippen molar-refractivity contribution in [2.45, 2.75) is 51.5 Å². The first-order valence-electron chi connectivity index (χ1n) is 11.0. The summed E-state index contributed by atoms with van der Waals surface area (Å²) in [6.07, 6.45) is 0.495. The average Bonchev–Trinajstić information content (AvgIpc) is 3.59. The summed E-state index contributed by atoms with van der Waals surface area (Å²) in [6, 6.07) is 2.06. The van der Waals surface area contributed by atoms with Crippen LogP contribution in [0.3, 0.4) is 0 Å². The van der Waals surface area contributed by atoms with Crippen LogP contribution in [0.15, 0.2) is 35.0 Å². The van der Waals surface area contributed by atoms with Gasteiger partial charge in [-0.05, 0) is 18.9 Å². The Kier molecular flexibility index (Phi) is 9.19. The molecule has 1 unspecified atom stereocenters. The summed E-state index contributed by atoms with van der Waals surface area (Å²) >= 11 is 0. The van der Waals surface area contributed by atoms with E-state index in [-0.39, 0.29) is 43.5 Å². The largest absolute Gasteiger partial charge is 0.435 e. The number of benzene rings is 1. The summed E-state index contributed by atoms with van der Waals surface area (Å²) in [6.45, 7) is -1.63. The molecule has 0 radical (unpaired) electrons. The van der Waals surface area contributed by atoms with Crippen LogP contribution in [0.5, 0.6) is 5.75 Å². The Balaban J connectivity index is 0.00000400. The Morgan fingerprint density at radius 2 is 1.84 bits per heavy atom. The maximum atomic E-state index is 15.0. The molecule has 10 nitrogen and oxygen atoms in total. The normalized spacial score (nSPS) is 14.6. The van der Waals surface area contributed by atoms with Crippen LogP contribution in [0.2, 0.25) is 0 Å². The number of alkyl halides is 4. The van der Waals surface area contributed by atoms with E-state index in [2.05, 4.69) is 30.2 Å². The van der Waals surface area contributed by atoms with Crippen molar-refractivity contribution in [3.05, 3.63) is 47.9 Å². The minimum Gasteiger partial charge on any atom is -0.435 e. The predicted octanol–water partition coefficient (Wildman–Crippen LogP) is 4.81. The second-order valence-corrected chi connectivity index (χ2v) is 10.2. The van der Waals surface area contributed by atoms with Crippen molar-refractivity contribution in [1.29, 1.82) is 0 Å². The van der Waals surface area contributed by atoms with Gasteiger partial charge in [0.25, 0.3) is 11.8 Å². The Morgan fingerprint density at radius 3 is 2.37 bits per heavy atom. The monoisotopic (exact) mass is 564 g/mol. The summed E-state index contributed by atoms with van der Waals surface area (Å²) in [5, 5.41) is 9.06. The van der Waals surface area contributed by atoms with Gasteiger partial charge < -0.3 is 14.5 Å². The summed E-state index contributed by atoms with van der Waals surface area (Å²) in [5.74, 6) is -2.50. The maximum Gasteiger partial charge on any atom is 0.387 e. The van der Waals surface area contributed by atoms with Gasteiger partial charge in [-0.2, -0.15) is 21.9 Å². The number of sulfonamides is 1. The fourth-order valence-electron chi connectivity index (χ4n) is 3.49. The van der Waals surface area contributed by atoms with E-state index in [1.54, 1.807) is 6.92 Å². The van der Waals surface area contributed by atoms with Gasteiger partial charge in [-0.3, -0.25) is 0 Å². The molecule has 1 aliphatic rings. The van der Waals surface area contributed by atoms with Crippen molar-refractivity contribution in [3.63, 3.8) is 0 Å². The molecular formula is C22H25F5N6O4S. The minimum absolute atomic E-state index is 0. The molecule has 1 aliphatic carbocycles. The summed E-state index contributed by atoms with van der Waals surface area (Å²) < 4.78 is 101. The number of nitrogens with zero attached hydrogens (tertiary/aromatic N) is 5. The smallest absolute Gasteiger partial charge is 0.387 e. The number of rotatable bonds is 12. The van der Waals surface area contributed by atoms with Gasteiger partial charge in [0.15, 0.2) is 0 Å². The highest BCUT2D eigenvalue weighted by atomic mass is 32.2. The first kappa shape index (κ1) is 29.2. The highest BCUT2D eigenvalue weighted by Crippen LogP contribution is 2.33. The van der Waals surface area contributed by atoms with Crippen molar-refractivity contribution in [2.75, 3.05) is 18.4 Å². The lowest BCUT2D eigenvalue weighted by atomic mass is 10.1. The van der Waals surface area contributed by atoms with E-state index in [0.29, 0.717) is 12.8 Å². The van der Waals surface area contributed by atoms with Crippen LogP contribution in [0, 0.1) is 5.82 Å². The number of ether oxygens (including phenoxy) is 1. The Bertz CT molecular complexity index is 1320. The molecule has 1 fully saturated rings. The summed E-state index contributed by atoms with van der Waals surface area (Å²) in [7, 11) is -3.64. The van der Waals surface area contributed by atoms with Crippen LogP contribution in [0.25, 0.3) is 11.5 Å². The molecule has 0 saturated heterocycles. The van der Waals surface area contributed by atoms with E-state index in [0.717, 1.165) is 12.1 Å². The lowest BCUT2D eigenvalue weighted by Gasteiger charge is -2.27. The lowest BCUT2D eigenvalue weighted by molar-refractivity contribution is -0.0500. The topological polar surface area (TPSA) is 123 Å². The van der Waals surface area contributed by atoms with Crippen LogP contribution >= 0.6 is 0 Å². The molecule has 0 aliphatic heterocycles. The first-order valence-corrected chi connectivity index (χ1v) is 12.5. The molecule has 4 rings (SSSR count). The first-order chi connectivity index (χ1) is 17.6. The fourth-order valence-corrected chi connectivity index (χ4v) is 5.36. The molecule has 2 aromatic heterocycles. The van der Waals surface area contributed by atoms with Gasteiger partial charge in [-0.25, -0.2) is 22.8 Å². The number of anilines is 1. The zero-order valence-electron chi connectivity index (χ0n) is 19.2. The van der Waals surface area contributed by atoms with Crippen molar-refractivity contribution < 1.29 is 39.5 Å². The van der Waals surface area contributed by atoms with Crippen LogP contribution in [-0.4, -0.2) is 57.8 Å². The molecule has 1 N–H and O–H groups in total. The number of halogens is 5. The highest BCUT2D eigenvalue weighted by molar-refractivity contribution is 7.90. The molecule has 0 amide bonds. The number of nitrogens with one attached hydrogen (secondary N) is 1. The third-order valence-corrected chi connectivity index (χ3v) is 7.89. The summed E-state index contributed by atoms with van der Waals surface area (Å²) in [5.41, 5.74) is 0.0879. The van der Waals surface area contributed by atoms with Gasteiger partial charge in [0.05, 0.1) is 16.9 Å². The molecule has 1 atom stereocenters. The standard InChI is InChI=1S/C21H21F5N6O4S.CH4/c1-2-32(37(33,34)13-4-5-13)10-16(14-6-3-12(7-15(14)22)35-20(25)26)29-21-27-8-11(9-28-21)18-30-31-19(36-18)17(23)24;/h3,6-9,13,16-17,20H,2,4-5,10H2,1H3,(H,27,28,29);1H4. The van der Waals surface area contributed by atoms with Gasteiger partial charge in [0, 0.05) is 37.1 Å². The number of likely N-dealkylation sites (N-methyl/N-ethyl adjacent to an activating group) is 1. The molecule has 2 heterocycles. The number of hydrogen-bond donors (Lipinski definition) is 1. The van der Waals surface area contributed by atoms with E-state index in [4.69, 9.17) is 4.42 Å². The molecule has 208 valence electrons. The van der Waals surface area contributed by atoms with Gasteiger partial charge in [0.2, 0.25) is 16.0 Å². The van der Waals surface area contributed by atoms with Crippen molar-refractivity contribution in [1.82, 2.24) is 24.5 Å². The third-order valence-electron chi connectivity index (χ3n) is 5.45. The molecular weight excluding hydrogens is 539 g/mol. The van der Waals surface area contributed by atoms with Gasteiger partial charge in [-0.1, -0.05) is 20.4 Å². The maximum absolute atomic E-state index is 15.0. The number of hydrogen-bond acceptors (Lipinski definition) is 9. The second kappa shape index (κ2) is 12.0. The van der Waals surface area contributed by atoms with E-state index in [1.807, 2.05) is 0 Å². The van der Waals surface area contributed by atoms with E-state index in [9.17, 15) is 30.4 Å². The van der Waals surface area contributed by atoms with Crippen LogP contribution < -0.4 is 10.1 Å². The van der Waals surface area contributed by atoms with Crippen LogP contribution in [0.1, 0.15) is 51.1 Å². The Labute approximate surface area is 215 Å². The molecule has 38 heavy (non-hydrogen) atoms. The average molecular weight is 565 g/mol. The highest BCUT2D eigenvalue weighted by Gasteiger charge is 2.40. The van der Waals surface area contributed by atoms with Crippen LogP contribution in [-0.2, 0) is 10.0 Å². The summed E-state index contributed by atoms with van der Waals surface area (Å²) in [4.78, 5) is 8.10. The third kappa shape index (κ3) is 6.72. The van der Waals surface area contributed by atoms with Crippen molar-refractivity contribution >= 4 is 16.0 Å². The zero-order valence-corrected chi connectivity index (χ0v) is 20.0. The van der Waals surface area contributed by atoms with Gasteiger partial charge in [0.1, 0.15) is 11.6 Å². The fraction of sp³-hybridized carbons (Fsp3) is 0.455. The van der Waals surface area contributed by atoms with Crippen LogP contribution in [0.4, 0.5) is 27.9 Å². The predicted molar refractivity (Wildman–Crippen MR) is 126 cm³/mol. The molecule has 1 saturated carbocycles. The van der Waals surface area contributed by atoms with Gasteiger partial charge >= 0.3 is 13.0 Å². The van der Waals surface area contributed by atoms with Crippen molar-refractivity contribution in [2.24, 2.45) is 0 Å².